The fourth-order valence-corrected chi connectivity index (χ4v) is 1.81. The first-order chi connectivity index (χ1) is 9.22. The van der Waals surface area contributed by atoms with E-state index in [2.05, 4.69) is 9.97 Å². The van der Waals surface area contributed by atoms with Crippen LogP contribution in [0.4, 0.5) is 0 Å². The number of hydrogen-bond acceptors (Lipinski definition) is 4. The maximum atomic E-state index is 12.1. The Morgan fingerprint density at radius 3 is 2.63 bits per heavy atom. The maximum Gasteiger partial charge on any atom is 0.219 e. The third kappa shape index (κ3) is 3.16. The lowest BCUT2D eigenvalue weighted by atomic mass is 10.0. The minimum Gasteiger partial charge on any atom is -0.478 e. The van der Waals surface area contributed by atoms with E-state index in [1.165, 1.54) is 6.33 Å². The van der Waals surface area contributed by atoms with Crippen molar-refractivity contribution >= 4 is 5.78 Å². The molecule has 4 heteroatoms. The van der Waals surface area contributed by atoms with E-state index < -0.39 is 0 Å². The van der Waals surface area contributed by atoms with Gasteiger partial charge in [0.15, 0.2) is 5.78 Å². The van der Waals surface area contributed by atoms with Crippen LogP contribution >= 0.6 is 0 Å². The molecule has 1 heterocycles. The summed E-state index contributed by atoms with van der Waals surface area (Å²) in [6.45, 7) is 4.32. The molecule has 0 radical (unpaired) electrons. The molecule has 19 heavy (non-hydrogen) atoms. The predicted molar refractivity (Wildman–Crippen MR) is 72.4 cm³/mol. The number of carbonyl (C=O) groups excluding carboxylic acids is 1. The zero-order chi connectivity index (χ0) is 13.7. The minimum atomic E-state index is 0.0462. The van der Waals surface area contributed by atoms with Crippen molar-refractivity contribution in [2.24, 2.45) is 0 Å². The van der Waals surface area contributed by atoms with Crippen LogP contribution in [0.1, 0.15) is 28.5 Å². The van der Waals surface area contributed by atoms with E-state index in [4.69, 9.17) is 4.74 Å². The van der Waals surface area contributed by atoms with Crippen LogP contribution < -0.4 is 4.74 Å². The number of ether oxygens (including phenoxy) is 1. The first-order valence-electron chi connectivity index (χ1n) is 6.24. The van der Waals surface area contributed by atoms with E-state index in [1.54, 1.807) is 0 Å². The van der Waals surface area contributed by atoms with E-state index in [9.17, 15) is 4.79 Å². The standard InChI is InChI=1S/C15H16N2O2/c1-3-19-15-11(2)13(16-10-17-15)9-14(18)12-7-5-4-6-8-12/h4-8,10H,3,9H2,1-2H3. The second-order valence-corrected chi connectivity index (χ2v) is 4.15. The predicted octanol–water partition coefficient (Wildman–Crippen LogP) is 2.61. The van der Waals surface area contributed by atoms with Crippen LogP contribution in [0.15, 0.2) is 36.7 Å². The summed E-state index contributed by atoms with van der Waals surface area (Å²) in [5, 5.41) is 0. The highest BCUT2D eigenvalue weighted by molar-refractivity contribution is 5.97. The van der Waals surface area contributed by atoms with Crippen molar-refractivity contribution < 1.29 is 9.53 Å². The van der Waals surface area contributed by atoms with Gasteiger partial charge in [-0.05, 0) is 13.8 Å². The number of rotatable bonds is 5. The Kier molecular flexibility index (Phi) is 4.23. The van der Waals surface area contributed by atoms with Gasteiger partial charge in [-0.1, -0.05) is 30.3 Å². The number of benzene rings is 1. The topological polar surface area (TPSA) is 52.1 Å². The van der Waals surface area contributed by atoms with E-state index in [-0.39, 0.29) is 12.2 Å². The highest BCUT2D eigenvalue weighted by Crippen LogP contribution is 2.17. The Hall–Kier alpha value is -2.23. The number of Topliss-reactive ketones (excluding diaryl/α,β-unsaturated/α-hetero) is 1. The Morgan fingerprint density at radius 2 is 1.95 bits per heavy atom. The smallest absolute Gasteiger partial charge is 0.219 e. The molecule has 0 fully saturated rings. The molecule has 0 saturated carbocycles. The average molecular weight is 256 g/mol. The van der Waals surface area contributed by atoms with Gasteiger partial charge in [0.25, 0.3) is 0 Å². The van der Waals surface area contributed by atoms with Gasteiger partial charge in [-0.15, -0.1) is 0 Å². The summed E-state index contributed by atoms with van der Waals surface area (Å²) in [7, 11) is 0. The largest absolute Gasteiger partial charge is 0.478 e. The summed E-state index contributed by atoms with van der Waals surface area (Å²) in [5.74, 6) is 0.596. The van der Waals surface area contributed by atoms with Crippen molar-refractivity contribution in [2.45, 2.75) is 20.3 Å². The lowest BCUT2D eigenvalue weighted by Crippen LogP contribution is -2.08. The zero-order valence-electron chi connectivity index (χ0n) is 11.1. The summed E-state index contributed by atoms with van der Waals surface area (Å²) < 4.78 is 5.40. The molecule has 0 N–H and O–H groups in total. The quantitative estimate of drug-likeness (QED) is 0.772. The lowest BCUT2D eigenvalue weighted by molar-refractivity contribution is 0.0991. The van der Waals surface area contributed by atoms with Crippen LogP contribution in [0.5, 0.6) is 5.88 Å². The maximum absolute atomic E-state index is 12.1. The second-order valence-electron chi connectivity index (χ2n) is 4.15. The summed E-state index contributed by atoms with van der Waals surface area (Å²) in [6.07, 6.45) is 1.70. The van der Waals surface area contributed by atoms with Gasteiger partial charge >= 0.3 is 0 Å². The van der Waals surface area contributed by atoms with Crippen LogP contribution in [0.25, 0.3) is 0 Å². The first kappa shape index (κ1) is 13.2. The third-order valence-corrected chi connectivity index (χ3v) is 2.85. The number of ketones is 1. The number of nitrogens with zero attached hydrogens (tertiary/aromatic N) is 2. The van der Waals surface area contributed by atoms with Crippen molar-refractivity contribution in [3.8, 4) is 5.88 Å². The molecule has 0 atom stereocenters. The van der Waals surface area contributed by atoms with E-state index in [0.29, 0.717) is 23.7 Å². The van der Waals surface area contributed by atoms with Crippen LogP contribution in [-0.4, -0.2) is 22.4 Å². The Balaban J connectivity index is 2.20. The van der Waals surface area contributed by atoms with E-state index >= 15 is 0 Å². The highest BCUT2D eigenvalue weighted by Gasteiger charge is 2.13. The molecule has 2 rings (SSSR count). The molecule has 0 unspecified atom stereocenters. The molecule has 0 aliphatic heterocycles. The van der Waals surface area contributed by atoms with Gasteiger partial charge in [-0.2, -0.15) is 0 Å². The Labute approximate surface area is 112 Å². The summed E-state index contributed by atoms with van der Waals surface area (Å²) >= 11 is 0. The lowest BCUT2D eigenvalue weighted by Gasteiger charge is -2.09. The zero-order valence-corrected chi connectivity index (χ0v) is 11.1. The first-order valence-corrected chi connectivity index (χ1v) is 6.24. The Bertz CT molecular complexity index is 568. The van der Waals surface area contributed by atoms with E-state index in [1.807, 2.05) is 44.2 Å². The van der Waals surface area contributed by atoms with Gasteiger partial charge in [0.05, 0.1) is 18.7 Å². The van der Waals surface area contributed by atoms with Crippen LogP contribution in [-0.2, 0) is 6.42 Å². The number of hydrogen-bond donors (Lipinski definition) is 0. The van der Waals surface area contributed by atoms with Crippen molar-refractivity contribution in [1.29, 1.82) is 0 Å². The fraction of sp³-hybridized carbons (Fsp3) is 0.267. The molecule has 0 aliphatic rings. The molecule has 98 valence electrons. The van der Waals surface area contributed by atoms with Gasteiger partial charge in [-0.25, -0.2) is 9.97 Å². The molecule has 0 bridgehead atoms. The SMILES string of the molecule is CCOc1ncnc(CC(=O)c2ccccc2)c1C. The fourth-order valence-electron chi connectivity index (χ4n) is 1.81. The second kappa shape index (κ2) is 6.09. The Morgan fingerprint density at radius 1 is 1.21 bits per heavy atom. The molecule has 1 aromatic carbocycles. The molecule has 2 aromatic rings. The molecule has 0 amide bonds. The molecule has 0 aliphatic carbocycles. The summed E-state index contributed by atoms with van der Waals surface area (Å²) in [5.41, 5.74) is 2.24. The average Bonchev–Trinajstić information content (AvgIpc) is 2.44. The van der Waals surface area contributed by atoms with Crippen LogP contribution in [0.2, 0.25) is 0 Å². The van der Waals surface area contributed by atoms with Gasteiger partial charge in [0, 0.05) is 11.1 Å². The molecular weight excluding hydrogens is 240 g/mol. The van der Waals surface area contributed by atoms with Gasteiger partial charge in [0.2, 0.25) is 5.88 Å². The van der Waals surface area contributed by atoms with Crippen LogP contribution in [0.3, 0.4) is 0 Å². The number of carbonyl (C=O) groups is 1. The van der Waals surface area contributed by atoms with Gasteiger partial charge < -0.3 is 4.74 Å². The van der Waals surface area contributed by atoms with Crippen molar-refractivity contribution in [3.05, 3.63) is 53.5 Å². The van der Waals surface area contributed by atoms with Gasteiger partial charge in [-0.3, -0.25) is 4.79 Å². The van der Waals surface area contributed by atoms with Crippen molar-refractivity contribution in [3.63, 3.8) is 0 Å². The summed E-state index contributed by atoms with van der Waals surface area (Å²) in [6, 6.07) is 9.21. The van der Waals surface area contributed by atoms with Crippen molar-refractivity contribution in [1.82, 2.24) is 9.97 Å². The molecule has 0 saturated heterocycles. The van der Waals surface area contributed by atoms with Crippen LogP contribution in [0, 0.1) is 6.92 Å². The summed E-state index contributed by atoms with van der Waals surface area (Å²) in [4.78, 5) is 20.4. The molecular formula is C15H16N2O2. The minimum absolute atomic E-state index is 0.0462. The van der Waals surface area contributed by atoms with Crippen molar-refractivity contribution in [2.75, 3.05) is 6.61 Å². The molecule has 4 nitrogen and oxygen atoms in total. The molecule has 1 aromatic heterocycles. The normalized spacial score (nSPS) is 10.2. The third-order valence-electron chi connectivity index (χ3n) is 2.85. The number of aromatic nitrogens is 2. The van der Waals surface area contributed by atoms with E-state index in [0.717, 1.165) is 5.56 Å². The molecule has 0 spiro atoms. The monoisotopic (exact) mass is 256 g/mol. The highest BCUT2D eigenvalue weighted by atomic mass is 16.5. The van der Waals surface area contributed by atoms with Gasteiger partial charge in [0.1, 0.15) is 6.33 Å².